The molecule has 0 aliphatic carbocycles. The van der Waals surface area contributed by atoms with Crippen molar-refractivity contribution in [1.29, 1.82) is 0 Å². The number of rotatable bonds is 8. The molecule has 1 amide bonds. The number of hydrogen-bond acceptors (Lipinski definition) is 7. The van der Waals surface area contributed by atoms with E-state index >= 15 is 0 Å². The minimum atomic E-state index is -0.819. The monoisotopic (exact) mass is 387 g/mol. The van der Waals surface area contributed by atoms with Gasteiger partial charge in [0.05, 0.1) is 38.7 Å². The summed E-state index contributed by atoms with van der Waals surface area (Å²) in [6, 6.07) is 7.29. The first-order valence-electron chi connectivity index (χ1n) is 8.56. The fourth-order valence-electron chi connectivity index (χ4n) is 3.22. The van der Waals surface area contributed by atoms with Crippen molar-refractivity contribution in [3.8, 4) is 11.5 Å². The normalized spacial score (nSPS) is 16.6. The van der Waals surface area contributed by atoms with Crippen LogP contribution in [0, 0.1) is 0 Å². The Morgan fingerprint density at radius 3 is 2.54 bits per heavy atom. The van der Waals surface area contributed by atoms with Crippen molar-refractivity contribution in [3.63, 3.8) is 0 Å². The summed E-state index contributed by atoms with van der Waals surface area (Å²) in [5.74, 6) is -0.825. The third-order valence-electron chi connectivity index (χ3n) is 4.55. The van der Waals surface area contributed by atoms with E-state index < -0.39 is 23.5 Å². The predicted molar refractivity (Wildman–Crippen MR) is 98.6 cm³/mol. The number of ketones is 1. The van der Waals surface area contributed by atoms with E-state index in [1.807, 2.05) is 0 Å². The number of benzene rings is 1. The molecule has 0 saturated heterocycles. The highest BCUT2D eigenvalue weighted by Gasteiger charge is 2.44. The molecule has 0 fully saturated rings. The maximum absolute atomic E-state index is 13.0. The van der Waals surface area contributed by atoms with E-state index in [1.54, 1.807) is 24.3 Å². The van der Waals surface area contributed by atoms with Gasteiger partial charge in [-0.05, 0) is 29.8 Å². The smallest absolute Gasteiger partial charge is 0.290 e. The van der Waals surface area contributed by atoms with Crippen LogP contribution in [0.4, 0.5) is 0 Å². The highest BCUT2D eigenvalue weighted by Crippen LogP contribution is 2.41. The van der Waals surface area contributed by atoms with Gasteiger partial charge in [0, 0.05) is 13.7 Å². The molecule has 1 aromatic heterocycles. The number of nitrogens with zero attached hydrogens (tertiary/aromatic N) is 1. The summed E-state index contributed by atoms with van der Waals surface area (Å²) in [5.41, 5.74) is 0.532. The summed E-state index contributed by atoms with van der Waals surface area (Å²) in [4.78, 5) is 27.0. The second-order valence-electron chi connectivity index (χ2n) is 6.08. The van der Waals surface area contributed by atoms with Gasteiger partial charge in [0.15, 0.2) is 23.0 Å². The van der Waals surface area contributed by atoms with Gasteiger partial charge in [-0.15, -0.1) is 0 Å². The Morgan fingerprint density at radius 2 is 1.93 bits per heavy atom. The number of furan rings is 1. The number of aliphatic hydroxyl groups excluding tert-OH is 1. The zero-order valence-corrected chi connectivity index (χ0v) is 15.8. The molecule has 2 heterocycles. The molecule has 8 heteroatoms. The molecule has 1 atom stereocenters. The molecule has 2 aromatic rings. The van der Waals surface area contributed by atoms with Crippen LogP contribution in [-0.4, -0.2) is 56.2 Å². The Bertz CT molecular complexity index is 901. The molecule has 28 heavy (non-hydrogen) atoms. The standard InChI is InChI=1S/C20H21NO7/c1-25-10-8-21-17(12-6-7-13(26-2)15(11-12)27-3)16(19(23)20(21)24)18(22)14-5-4-9-28-14/h4-7,9,11,17,23H,8,10H2,1-3H3. The van der Waals surface area contributed by atoms with Crippen molar-refractivity contribution >= 4 is 11.7 Å². The first kappa shape index (κ1) is 19.5. The number of methoxy groups -OCH3 is 3. The number of hydrogen-bond donors (Lipinski definition) is 1. The van der Waals surface area contributed by atoms with E-state index in [4.69, 9.17) is 18.6 Å². The molecule has 1 aromatic carbocycles. The molecule has 148 valence electrons. The van der Waals surface area contributed by atoms with Crippen LogP contribution in [0.3, 0.4) is 0 Å². The largest absolute Gasteiger partial charge is 0.503 e. The van der Waals surface area contributed by atoms with Crippen LogP contribution in [0.1, 0.15) is 22.2 Å². The van der Waals surface area contributed by atoms with Gasteiger partial charge < -0.3 is 28.6 Å². The van der Waals surface area contributed by atoms with Gasteiger partial charge >= 0.3 is 0 Å². The molecular weight excluding hydrogens is 366 g/mol. The van der Waals surface area contributed by atoms with Crippen molar-refractivity contribution in [2.75, 3.05) is 34.5 Å². The lowest BCUT2D eigenvalue weighted by Crippen LogP contribution is -2.34. The van der Waals surface area contributed by atoms with Gasteiger partial charge in [-0.1, -0.05) is 6.07 Å². The average molecular weight is 387 g/mol. The van der Waals surface area contributed by atoms with E-state index in [2.05, 4.69) is 0 Å². The van der Waals surface area contributed by atoms with Crippen molar-refractivity contribution in [1.82, 2.24) is 4.90 Å². The number of carbonyl (C=O) groups is 2. The zero-order chi connectivity index (χ0) is 20.3. The minimum Gasteiger partial charge on any atom is -0.503 e. The Labute approximate surface area is 161 Å². The molecule has 0 bridgehead atoms. The Kier molecular flexibility index (Phi) is 5.70. The zero-order valence-electron chi connectivity index (χ0n) is 15.8. The van der Waals surface area contributed by atoms with Crippen LogP contribution < -0.4 is 9.47 Å². The van der Waals surface area contributed by atoms with Crippen molar-refractivity contribution in [3.05, 3.63) is 59.3 Å². The van der Waals surface area contributed by atoms with E-state index in [0.717, 1.165) is 0 Å². The third-order valence-corrected chi connectivity index (χ3v) is 4.55. The van der Waals surface area contributed by atoms with Crippen molar-refractivity contribution < 1.29 is 33.3 Å². The summed E-state index contributed by atoms with van der Waals surface area (Å²) in [6.45, 7) is 0.429. The Balaban J connectivity index is 2.11. The summed E-state index contributed by atoms with van der Waals surface area (Å²) < 4.78 is 20.8. The lowest BCUT2D eigenvalue weighted by Gasteiger charge is -2.27. The number of aliphatic hydroxyl groups is 1. The first-order chi connectivity index (χ1) is 13.5. The molecule has 1 unspecified atom stereocenters. The summed E-state index contributed by atoms with van der Waals surface area (Å²) in [7, 11) is 4.51. The quantitative estimate of drug-likeness (QED) is 0.695. The topological polar surface area (TPSA) is 98.4 Å². The van der Waals surface area contributed by atoms with Crippen LogP contribution in [0.5, 0.6) is 11.5 Å². The van der Waals surface area contributed by atoms with Gasteiger partial charge in [-0.2, -0.15) is 0 Å². The Morgan fingerprint density at radius 1 is 1.18 bits per heavy atom. The van der Waals surface area contributed by atoms with E-state index in [-0.39, 0.29) is 24.5 Å². The van der Waals surface area contributed by atoms with Gasteiger partial charge in [0.1, 0.15) is 0 Å². The highest BCUT2D eigenvalue weighted by atomic mass is 16.5. The van der Waals surface area contributed by atoms with Crippen LogP contribution in [0.25, 0.3) is 0 Å². The van der Waals surface area contributed by atoms with E-state index in [9.17, 15) is 14.7 Å². The minimum absolute atomic E-state index is 0.0356. The molecule has 0 saturated carbocycles. The van der Waals surface area contributed by atoms with E-state index in [0.29, 0.717) is 17.1 Å². The van der Waals surface area contributed by atoms with Crippen molar-refractivity contribution in [2.24, 2.45) is 0 Å². The highest BCUT2D eigenvalue weighted by molar-refractivity contribution is 6.15. The molecule has 1 aliphatic rings. The molecule has 0 radical (unpaired) electrons. The molecule has 1 aliphatic heterocycles. The van der Waals surface area contributed by atoms with E-state index in [1.165, 1.54) is 38.6 Å². The van der Waals surface area contributed by atoms with Crippen LogP contribution in [0.2, 0.25) is 0 Å². The fourth-order valence-corrected chi connectivity index (χ4v) is 3.22. The van der Waals surface area contributed by atoms with Gasteiger partial charge in [0.25, 0.3) is 5.91 Å². The number of Topliss-reactive ketones (excluding diaryl/α,β-unsaturated/α-hetero) is 1. The lowest BCUT2D eigenvalue weighted by atomic mass is 9.94. The number of amides is 1. The predicted octanol–water partition coefficient (Wildman–Crippen LogP) is 2.52. The average Bonchev–Trinajstić information content (AvgIpc) is 3.33. The molecular formula is C20H21NO7. The maximum atomic E-state index is 13.0. The number of ether oxygens (including phenoxy) is 3. The Hall–Kier alpha value is -3.26. The summed E-state index contributed by atoms with van der Waals surface area (Å²) in [6.07, 6.45) is 1.36. The lowest BCUT2D eigenvalue weighted by molar-refractivity contribution is -0.130. The van der Waals surface area contributed by atoms with Gasteiger partial charge in [0.2, 0.25) is 5.78 Å². The molecule has 3 rings (SSSR count). The van der Waals surface area contributed by atoms with Crippen LogP contribution in [0.15, 0.2) is 52.3 Å². The van der Waals surface area contributed by atoms with Gasteiger partial charge in [-0.25, -0.2) is 0 Å². The fraction of sp³-hybridized carbons (Fsp3) is 0.300. The van der Waals surface area contributed by atoms with Crippen molar-refractivity contribution in [2.45, 2.75) is 6.04 Å². The van der Waals surface area contributed by atoms with Crippen LogP contribution >= 0.6 is 0 Å². The molecule has 0 spiro atoms. The maximum Gasteiger partial charge on any atom is 0.290 e. The third kappa shape index (κ3) is 3.34. The second-order valence-corrected chi connectivity index (χ2v) is 6.08. The SMILES string of the molecule is COCCN1C(=O)C(O)=C(C(=O)c2ccco2)C1c1ccc(OC)c(OC)c1. The van der Waals surface area contributed by atoms with Crippen LogP contribution in [-0.2, 0) is 9.53 Å². The van der Waals surface area contributed by atoms with Gasteiger partial charge in [-0.3, -0.25) is 9.59 Å². The second kappa shape index (κ2) is 8.18. The number of carbonyl (C=O) groups excluding carboxylic acids is 2. The molecule has 1 N–H and O–H groups in total. The first-order valence-corrected chi connectivity index (χ1v) is 8.56. The molecule has 8 nitrogen and oxygen atoms in total. The summed E-state index contributed by atoms with van der Waals surface area (Å²) in [5, 5.41) is 10.5. The summed E-state index contributed by atoms with van der Waals surface area (Å²) >= 11 is 0.